The summed E-state index contributed by atoms with van der Waals surface area (Å²) in [5, 5.41) is 10.7. The smallest absolute Gasteiger partial charge is 0.336 e. The first-order chi connectivity index (χ1) is 10.6. The highest BCUT2D eigenvalue weighted by Crippen LogP contribution is 2.19. The Hall–Kier alpha value is -2.59. The summed E-state index contributed by atoms with van der Waals surface area (Å²) in [5.74, 6) is -1.01. The quantitative estimate of drug-likeness (QED) is 0.806. The van der Waals surface area contributed by atoms with Gasteiger partial charge in [-0.2, -0.15) is 0 Å². The molecule has 0 amide bonds. The molecule has 0 spiro atoms. The Labute approximate surface area is 131 Å². The molecular weight excluding hydrogens is 302 g/mol. The van der Waals surface area contributed by atoms with Crippen molar-refractivity contribution in [1.82, 2.24) is 4.57 Å². The molecule has 0 radical (unpaired) electrons. The number of carbonyl (C=O) groups is 1. The molecule has 110 valence electrons. The van der Waals surface area contributed by atoms with Crippen molar-refractivity contribution >= 4 is 28.5 Å². The summed E-state index contributed by atoms with van der Waals surface area (Å²) < 4.78 is 1.55. The lowest BCUT2D eigenvalue weighted by molar-refractivity contribution is 0.0695. The zero-order valence-corrected chi connectivity index (χ0v) is 12.2. The Kier molecular flexibility index (Phi) is 3.69. The van der Waals surface area contributed by atoms with Gasteiger partial charge in [0.05, 0.1) is 17.6 Å². The number of hydrogen-bond acceptors (Lipinski definition) is 2. The summed E-state index contributed by atoms with van der Waals surface area (Å²) in [6.45, 7) is 0.195. The van der Waals surface area contributed by atoms with E-state index in [-0.39, 0.29) is 17.7 Å². The molecule has 0 atom stereocenters. The standard InChI is InChI=1S/C17H12ClNO3/c18-13-6-7-15-11(9-13)5-8-16(20)19(15)10-12-3-1-2-4-14(12)17(21)22/h1-9H,10H2,(H,21,22). The third-order valence-corrected chi connectivity index (χ3v) is 3.76. The lowest BCUT2D eigenvalue weighted by Gasteiger charge is -2.12. The van der Waals surface area contributed by atoms with Gasteiger partial charge in [0, 0.05) is 11.1 Å². The largest absolute Gasteiger partial charge is 0.478 e. The fourth-order valence-electron chi connectivity index (χ4n) is 2.47. The van der Waals surface area contributed by atoms with Crippen LogP contribution in [0.5, 0.6) is 0 Å². The first-order valence-electron chi connectivity index (χ1n) is 6.66. The van der Waals surface area contributed by atoms with Gasteiger partial charge in [-0.3, -0.25) is 4.79 Å². The molecule has 0 bridgehead atoms. The SMILES string of the molecule is O=C(O)c1ccccc1Cn1c(=O)ccc2cc(Cl)ccc21. The minimum Gasteiger partial charge on any atom is -0.478 e. The molecule has 3 aromatic rings. The van der Waals surface area contributed by atoms with Crippen molar-refractivity contribution in [3.63, 3.8) is 0 Å². The van der Waals surface area contributed by atoms with E-state index in [1.165, 1.54) is 12.1 Å². The summed E-state index contributed by atoms with van der Waals surface area (Å²) >= 11 is 5.97. The van der Waals surface area contributed by atoms with Gasteiger partial charge in [0.25, 0.3) is 5.56 Å². The van der Waals surface area contributed by atoms with Crippen LogP contribution in [0.3, 0.4) is 0 Å². The Bertz CT molecular complexity index is 931. The molecule has 1 heterocycles. The van der Waals surface area contributed by atoms with E-state index in [1.54, 1.807) is 47.0 Å². The van der Waals surface area contributed by atoms with E-state index >= 15 is 0 Å². The molecule has 1 aromatic heterocycles. The van der Waals surface area contributed by atoms with Crippen molar-refractivity contribution in [3.8, 4) is 0 Å². The highest BCUT2D eigenvalue weighted by Gasteiger charge is 2.11. The average molecular weight is 314 g/mol. The Balaban J connectivity index is 2.18. The van der Waals surface area contributed by atoms with Crippen LogP contribution in [0, 0.1) is 0 Å². The lowest BCUT2D eigenvalue weighted by atomic mass is 10.1. The van der Waals surface area contributed by atoms with Gasteiger partial charge >= 0.3 is 5.97 Å². The molecule has 0 saturated heterocycles. The van der Waals surface area contributed by atoms with Crippen LogP contribution in [0.2, 0.25) is 5.02 Å². The van der Waals surface area contributed by atoms with Crippen molar-refractivity contribution in [3.05, 3.63) is 81.1 Å². The number of halogens is 1. The summed E-state index contributed by atoms with van der Waals surface area (Å²) in [7, 11) is 0. The maximum Gasteiger partial charge on any atom is 0.336 e. The second-order valence-electron chi connectivity index (χ2n) is 4.92. The Morgan fingerprint density at radius 3 is 2.64 bits per heavy atom. The summed E-state index contributed by atoms with van der Waals surface area (Å²) in [6, 6.07) is 15.1. The van der Waals surface area contributed by atoms with Gasteiger partial charge in [-0.1, -0.05) is 29.8 Å². The van der Waals surface area contributed by atoms with Crippen LogP contribution in [0.15, 0.2) is 59.4 Å². The second kappa shape index (κ2) is 5.66. The molecule has 0 saturated carbocycles. The maximum atomic E-state index is 12.2. The second-order valence-corrected chi connectivity index (χ2v) is 5.36. The number of pyridine rings is 1. The first-order valence-corrected chi connectivity index (χ1v) is 7.04. The predicted octanol–water partition coefficient (Wildman–Crippen LogP) is 3.40. The normalized spacial score (nSPS) is 10.8. The molecule has 0 unspecified atom stereocenters. The number of aromatic carboxylic acids is 1. The van der Waals surface area contributed by atoms with Crippen LogP contribution in [-0.4, -0.2) is 15.6 Å². The number of fused-ring (bicyclic) bond motifs is 1. The predicted molar refractivity (Wildman–Crippen MR) is 85.7 cm³/mol. The molecule has 0 aliphatic carbocycles. The van der Waals surface area contributed by atoms with E-state index in [4.69, 9.17) is 11.6 Å². The third kappa shape index (κ3) is 2.61. The number of carboxylic acid groups (broad SMARTS) is 1. The molecule has 3 rings (SSSR count). The number of benzene rings is 2. The molecule has 4 nitrogen and oxygen atoms in total. The number of hydrogen-bond donors (Lipinski definition) is 1. The van der Waals surface area contributed by atoms with E-state index in [9.17, 15) is 14.7 Å². The number of rotatable bonds is 3. The van der Waals surface area contributed by atoms with Crippen molar-refractivity contribution < 1.29 is 9.90 Å². The van der Waals surface area contributed by atoms with E-state index in [2.05, 4.69) is 0 Å². The van der Waals surface area contributed by atoms with Crippen LogP contribution >= 0.6 is 11.6 Å². The first kappa shape index (κ1) is 14.4. The lowest BCUT2D eigenvalue weighted by Crippen LogP contribution is -2.21. The van der Waals surface area contributed by atoms with Gasteiger partial charge < -0.3 is 9.67 Å². The van der Waals surface area contributed by atoms with Gasteiger partial charge in [-0.15, -0.1) is 0 Å². The zero-order chi connectivity index (χ0) is 15.7. The molecular formula is C17H12ClNO3. The topological polar surface area (TPSA) is 59.3 Å². The van der Waals surface area contributed by atoms with Crippen molar-refractivity contribution in [2.24, 2.45) is 0 Å². The third-order valence-electron chi connectivity index (χ3n) is 3.53. The van der Waals surface area contributed by atoms with E-state index < -0.39 is 5.97 Å². The summed E-state index contributed by atoms with van der Waals surface area (Å²) in [5.41, 5.74) is 1.31. The van der Waals surface area contributed by atoms with Gasteiger partial charge in [0.2, 0.25) is 0 Å². The number of aromatic nitrogens is 1. The number of carboxylic acids is 1. The van der Waals surface area contributed by atoms with Crippen LogP contribution in [0.1, 0.15) is 15.9 Å². The molecule has 2 aromatic carbocycles. The minimum atomic E-state index is -1.01. The molecule has 0 aliphatic heterocycles. The monoisotopic (exact) mass is 313 g/mol. The molecule has 22 heavy (non-hydrogen) atoms. The summed E-state index contributed by atoms with van der Waals surface area (Å²) in [4.78, 5) is 23.5. The fourth-order valence-corrected chi connectivity index (χ4v) is 2.66. The van der Waals surface area contributed by atoms with Crippen LogP contribution in [0.4, 0.5) is 0 Å². The highest BCUT2D eigenvalue weighted by molar-refractivity contribution is 6.31. The van der Waals surface area contributed by atoms with Gasteiger partial charge in [-0.25, -0.2) is 4.79 Å². The zero-order valence-electron chi connectivity index (χ0n) is 11.5. The van der Waals surface area contributed by atoms with Gasteiger partial charge in [0.1, 0.15) is 0 Å². The van der Waals surface area contributed by atoms with Gasteiger partial charge in [0.15, 0.2) is 0 Å². The van der Waals surface area contributed by atoms with Crippen LogP contribution < -0.4 is 5.56 Å². The van der Waals surface area contributed by atoms with Gasteiger partial charge in [-0.05, 0) is 41.3 Å². The maximum absolute atomic E-state index is 12.2. The Morgan fingerprint density at radius 1 is 1.09 bits per heavy atom. The highest BCUT2D eigenvalue weighted by atomic mass is 35.5. The average Bonchev–Trinajstić information content (AvgIpc) is 2.50. The summed E-state index contributed by atoms with van der Waals surface area (Å²) in [6.07, 6.45) is 0. The fraction of sp³-hybridized carbons (Fsp3) is 0.0588. The van der Waals surface area contributed by atoms with Crippen molar-refractivity contribution in [1.29, 1.82) is 0 Å². The molecule has 5 heteroatoms. The van der Waals surface area contributed by atoms with E-state index in [0.717, 1.165) is 10.9 Å². The van der Waals surface area contributed by atoms with Crippen molar-refractivity contribution in [2.45, 2.75) is 6.54 Å². The van der Waals surface area contributed by atoms with Crippen LogP contribution in [-0.2, 0) is 6.54 Å². The molecule has 0 aliphatic rings. The molecule has 1 N–H and O–H groups in total. The molecule has 0 fully saturated rings. The van der Waals surface area contributed by atoms with Crippen LogP contribution in [0.25, 0.3) is 10.9 Å². The van der Waals surface area contributed by atoms with E-state index in [1.807, 2.05) is 0 Å². The number of nitrogens with zero attached hydrogens (tertiary/aromatic N) is 1. The Morgan fingerprint density at radius 2 is 1.86 bits per heavy atom. The van der Waals surface area contributed by atoms with Crippen molar-refractivity contribution in [2.75, 3.05) is 0 Å². The minimum absolute atomic E-state index is 0.185. The van der Waals surface area contributed by atoms with E-state index in [0.29, 0.717) is 10.6 Å².